The Morgan fingerprint density at radius 2 is 2.39 bits per heavy atom. The summed E-state index contributed by atoms with van der Waals surface area (Å²) in [6.07, 6.45) is 0.827. The number of carbonyl (C=O) groups excluding carboxylic acids is 2. The van der Waals surface area contributed by atoms with Crippen LogP contribution in [0.3, 0.4) is 0 Å². The van der Waals surface area contributed by atoms with E-state index in [1.807, 2.05) is 6.07 Å². The molecular weight excluding hydrogens is 234 g/mol. The molecule has 0 aliphatic carbocycles. The van der Waals surface area contributed by atoms with Gasteiger partial charge in [-0.15, -0.1) is 0 Å². The third-order valence-corrected chi connectivity index (χ3v) is 2.05. The van der Waals surface area contributed by atoms with Gasteiger partial charge in [0, 0.05) is 12.2 Å². The number of hydrogen-bond donors (Lipinski definition) is 1. The van der Waals surface area contributed by atoms with E-state index in [2.05, 4.69) is 10.3 Å². The van der Waals surface area contributed by atoms with Gasteiger partial charge < -0.3 is 10.1 Å². The number of aryl methyl sites for hydroxylation is 1. The van der Waals surface area contributed by atoms with Crippen molar-refractivity contribution in [1.29, 1.82) is 5.26 Å². The van der Waals surface area contributed by atoms with Gasteiger partial charge in [0.1, 0.15) is 11.4 Å². The summed E-state index contributed by atoms with van der Waals surface area (Å²) in [5.74, 6) is -0.0753. The Balaban J connectivity index is 2.51. The second kappa shape index (κ2) is 7.01. The van der Waals surface area contributed by atoms with E-state index in [-0.39, 0.29) is 36.9 Å². The van der Waals surface area contributed by atoms with Crippen LogP contribution in [0.15, 0.2) is 12.1 Å². The van der Waals surface area contributed by atoms with Gasteiger partial charge in [-0.1, -0.05) is 0 Å². The molecule has 6 nitrogen and oxygen atoms in total. The Labute approximate surface area is 105 Å². The SMILES string of the molecule is Cc1ccc(OCC(=O)NCCC#N)c(C=O)n1. The summed E-state index contributed by atoms with van der Waals surface area (Å²) in [6, 6.07) is 5.19. The van der Waals surface area contributed by atoms with Crippen LogP contribution >= 0.6 is 0 Å². The molecular formula is C12H13N3O3. The van der Waals surface area contributed by atoms with Crippen molar-refractivity contribution >= 4 is 12.2 Å². The van der Waals surface area contributed by atoms with Crippen molar-refractivity contribution in [3.8, 4) is 11.8 Å². The maximum absolute atomic E-state index is 11.3. The first-order valence-electron chi connectivity index (χ1n) is 5.36. The number of nitriles is 1. The van der Waals surface area contributed by atoms with Gasteiger partial charge in [-0.25, -0.2) is 4.98 Å². The fraction of sp³-hybridized carbons (Fsp3) is 0.333. The van der Waals surface area contributed by atoms with E-state index < -0.39 is 0 Å². The molecule has 1 heterocycles. The van der Waals surface area contributed by atoms with Crippen LogP contribution in [0.2, 0.25) is 0 Å². The first-order chi connectivity index (χ1) is 8.67. The topological polar surface area (TPSA) is 92.1 Å². The lowest BCUT2D eigenvalue weighted by Crippen LogP contribution is -2.29. The highest BCUT2D eigenvalue weighted by molar-refractivity contribution is 5.79. The maximum Gasteiger partial charge on any atom is 0.257 e. The molecule has 1 rings (SSSR count). The lowest BCUT2D eigenvalue weighted by atomic mass is 10.3. The average molecular weight is 247 g/mol. The normalized spacial score (nSPS) is 9.33. The van der Waals surface area contributed by atoms with Crippen LogP contribution in [0.25, 0.3) is 0 Å². The van der Waals surface area contributed by atoms with Gasteiger partial charge in [-0.05, 0) is 19.1 Å². The van der Waals surface area contributed by atoms with Crippen LogP contribution in [0.1, 0.15) is 22.6 Å². The molecule has 0 saturated carbocycles. The quantitative estimate of drug-likeness (QED) is 0.587. The fourth-order valence-electron chi connectivity index (χ4n) is 1.22. The van der Waals surface area contributed by atoms with Crippen LogP contribution in [-0.4, -0.2) is 30.3 Å². The highest BCUT2D eigenvalue weighted by atomic mass is 16.5. The largest absolute Gasteiger partial charge is 0.481 e. The summed E-state index contributed by atoms with van der Waals surface area (Å²) in [4.78, 5) is 26.0. The standard InChI is InChI=1S/C12H13N3O3/c1-9-3-4-11(10(7-16)15-9)18-8-12(17)14-6-2-5-13/h3-4,7H,2,6,8H2,1H3,(H,14,17). The van der Waals surface area contributed by atoms with E-state index in [0.717, 1.165) is 0 Å². The van der Waals surface area contributed by atoms with E-state index in [1.54, 1.807) is 19.1 Å². The van der Waals surface area contributed by atoms with Crippen molar-refractivity contribution in [2.45, 2.75) is 13.3 Å². The minimum atomic E-state index is -0.345. The zero-order chi connectivity index (χ0) is 13.4. The molecule has 0 radical (unpaired) electrons. The number of hydrogen-bond acceptors (Lipinski definition) is 5. The number of aromatic nitrogens is 1. The Bertz CT molecular complexity index is 480. The van der Waals surface area contributed by atoms with Gasteiger partial charge in [0.25, 0.3) is 5.91 Å². The minimum Gasteiger partial charge on any atom is -0.481 e. The van der Waals surface area contributed by atoms with Crippen molar-refractivity contribution < 1.29 is 14.3 Å². The predicted molar refractivity (Wildman–Crippen MR) is 63.1 cm³/mol. The van der Waals surface area contributed by atoms with Crippen LogP contribution in [0.5, 0.6) is 5.75 Å². The molecule has 1 aromatic heterocycles. The molecule has 1 N–H and O–H groups in total. The number of nitrogens with zero attached hydrogens (tertiary/aromatic N) is 2. The molecule has 0 spiro atoms. The summed E-state index contributed by atoms with van der Waals surface area (Å²) in [6.45, 7) is 1.83. The van der Waals surface area contributed by atoms with Gasteiger partial charge in [0.15, 0.2) is 12.9 Å². The first-order valence-corrected chi connectivity index (χ1v) is 5.36. The molecule has 6 heteroatoms. The molecule has 0 bridgehead atoms. The molecule has 94 valence electrons. The van der Waals surface area contributed by atoms with Crippen molar-refractivity contribution in [2.24, 2.45) is 0 Å². The Morgan fingerprint density at radius 3 is 3.06 bits per heavy atom. The lowest BCUT2D eigenvalue weighted by Gasteiger charge is -2.08. The van der Waals surface area contributed by atoms with Gasteiger partial charge in [0.05, 0.1) is 12.5 Å². The number of pyridine rings is 1. The Kier molecular flexibility index (Phi) is 5.32. The molecule has 0 fully saturated rings. The molecule has 1 aromatic rings. The molecule has 0 aliphatic rings. The van der Waals surface area contributed by atoms with Crippen molar-refractivity contribution in [1.82, 2.24) is 10.3 Å². The number of amides is 1. The lowest BCUT2D eigenvalue weighted by molar-refractivity contribution is -0.123. The molecule has 0 unspecified atom stereocenters. The van der Waals surface area contributed by atoms with Gasteiger partial charge >= 0.3 is 0 Å². The Morgan fingerprint density at radius 1 is 1.61 bits per heavy atom. The number of nitrogens with one attached hydrogen (secondary N) is 1. The smallest absolute Gasteiger partial charge is 0.257 e. The molecule has 18 heavy (non-hydrogen) atoms. The summed E-state index contributed by atoms with van der Waals surface area (Å²) < 4.78 is 5.19. The van der Waals surface area contributed by atoms with Crippen LogP contribution in [0, 0.1) is 18.3 Å². The van der Waals surface area contributed by atoms with E-state index in [0.29, 0.717) is 12.0 Å². The summed E-state index contributed by atoms with van der Waals surface area (Å²) in [7, 11) is 0. The second-order valence-corrected chi connectivity index (χ2v) is 3.50. The number of rotatable bonds is 6. The van der Waals surface area contributed by atoms with Crippen LogP contribution < -0.4 is 10.1 Å². The fourth-order valence-corrected chi connectivity index (χ4v) is 1.22. The summed E-state index contributed by atoms with van der Waals surface area (Å²) >= 11 is 0. The average Bonchev–Trinajstić information content (AvgIpc) is 2.37. The second-order valence-electron chi connectivity index (χ2n) is 3.50. The van der Waals surface area contributed by atoms with Gasteiger partial charge in [-0.2, -0.15) is 5.26 Å². The third kappa shape index (κ3) is 4.22. The molecule has 0 atom stereocenters. The first kappa shape index (κ1) is 13.6. The molecule has 0 aromatic carbocycles. The molecule has 0 aliphatic heterocycles. The Hall–Kier alpha value is -2.42. The van der Waals surface area contributed by atoms with E-state index in [1.165, 1.54) is 0 Å². The van der Waals surface area contributed by atoms with Crippen LogP contribution in [0.4, 0.5) is 0 Å². The van der Waals surface area contributed by atoms with Crippen molar-refractivity contribution in [3.05, 3.63) is 23.5 Å². The van der Waals surface area contributed by atoms with E-state index in [9.17, 15) is 9.59 Å². The zero-order valence-electron chi connectivity index (χ0n) is 9.97. The highest BCUT2D eigenvalue weighted by Gasteiger charge is 2.07. The van der Waals surface area contributed by atoms with Gasteiger partial charge in [0.2, 0.25) is 0 Å². The maximum atomic E-state index is 11.3. The summed E-state index contributed by atoms with van der Waals surface area (Å²) in [5.41, 5.74) is 0.864. The summed E-state index contributed by atoms with van der Waals surface area (Å²) in [5, 5.41) is 10.8. The number of aldehydes is 1. The third-order valence-electron chi connectivity index (χ3n) is 2.05. The van der Waals surface area contributed by atoms with E-state index in [4.69, 9.17) is 10.00 Å². The van der Waals surface area contributed by atoms with E-state index >= 15 is 0 Å². The van der Waals surface area contributed by atoms with Crippen molar-refractivity contribution in [3.63, 3.8) is 0 Å². The molecule has 0 saturated heterocycles. The molecule has 1 amide bonds. The zero-order valence-corrected chi connectivity index (χ0v) is 9.97. The number of carbonyl (C=O) groups is 2. The van der Waals surface area contributed by atoms with Crippen LogP contribution in [-0.2, 0) is 4.79 Å². The van der Waals surface area contributed by atoms with Gasteiger partial charge in [-0.3, -0.25) is 9.59 Å². The number of ether oxygens (including phenoxy) is 1. The monoisotopic (exact) mass is 247 g/mol. The predicted octanol–water partition coefficient (Wildman–Crippen LogP) is 0.611. The minimum absolute atomic E-state index is 0.167. The highest BCUT2D eigenvalue weighted by Crippen LogP contribution is 2.14. The van der Waals surface area contributed by atoms with Crippen molar-refractivity contribution in [2.75, 3.05) is 13.2 Å².